The lowest BCUT2D eigenvalue weighted by molar-refractivity contribution is 0.101. The molecule has 50 heavy (non-hydrogen) atoms. The van der Waals surface area contributed by atoms with Gasteiger partial charge in [-0.25, -0.2) is 24.3 Å². The van der Waals surface area contributed by atoms with Crippen molar-refractivity contribution in [3.63, 3.8) is 0 Å². The maximum atomic E-state index is 13.8. The number of carbonyl (C=O) groups excluding carboxylic acids is 2. The predicted octanol–water partition coefficient (Wildman–Crippen LogP) is 7.23. The van der Waals surface area contributed by atoms with Crippen molar-refractivity contribution >= 4 is 23.2 Å². The fourth-order valence-electron chi connectivity index (χ4n) is 4.36. The van der Waals surface area contributed by atoms with Crippen molar-refractivity contribution in [3.8, 4) is 35.1 Å². The second kappa shape index (κ2) is 16.4. The molecule has 244 valence electrons. The zero-order valence-corrected chi connectivity index (χ0v) is 26.2. The molecule has 4 aromatic carbocycles. The van der Waals surface area contributed by atoms with Crippen LogP contribution in [-0.2, 0) is 0 Å². The Balaban J connectivity index is 0.000000194. The van der Waals surface area contributed by atoms with Crippen LogP contribution < -0.4 is 20.1 Å². The van der Waals surface area contributed by atoms with E-state index in [-0.39, 0.29) is 17.3 Å². The summed E-state index contributed by atoms with van der Waals surface area (Å²) in [4.78, 5) is 40.0. The normalized spacial score (nSPS) is 9.92. The maximum Gasteiger partial charge on any atom is 0.255 e. The molecule has 6 aromatic rings. The third kappa shape index (κ3) is 9.75. The van der Waals surface area contributed by atoms with Crippen molar-refractivity contribution in [3.05, 3.63) is 156 Å². The van der Waals surface area contributed by atoms with Crippen molar-refractivity contribution in [2.75, 3.05) is 10.6 Å². The smallest absolute Gasteiger partial charge is 0.255 e. The fraction of sp³-hybridized carbons (Fsp3) is 0.0270. The highest BCUT2D eigenvalue weighted by atomic mass is 19.1. The summed E-state index contributed by atoms with van der Waals surface area (Å²) in [6, 6.07) is 26.1. The summed E-state index contributed by atoms with van der Waals surface area (Å²) in [5.41, 5.74) is 3.25. The molecule has 0 spiro atoms. The van der Waals surface area contributed by atoms with Crippen molar-refractivity contribution in [2.24, 2.45) is 0 Å². The highest BCUT2D eigenvalue weighted by molar-refractivity contribution is 6.05. The third-order valence-corrected chi connectivity index (χ3v) is 6.50. The van der Waals surface area contributed by atoms with Crippen molar-refractivity contribution in [1.29, 1.82) is 10.5 Å². The van der Waals surface area contributed by atoms with Gasteiger partial charge in [-0.1, -0.05) is 23.8 Å². The SMILES string of the molecule is Cc1cccc(C(=O)Nc2cc(C#N)cc(Oc3cncnc3)c2)c1.N#Cc1cccc(C(=O)Nc2cc(F)cc(Oc3cncnc3)c2)c1. The summed E-state index contributed by atoms with van der Waals surface area (Å²) in [7, 11) is 0. The molecule has 2 N–H and O–H groups in total. The van der Waals surface area contributed by atoms with Crippen LogP contribution in [0.25, 0.3) is 0 Å². The van der Waals surface area contributed by atoms with Crippen LogP contribution in [0.15, 0.2) is 122 Å². The number of hydrogen-bond acceptors (Lipinski definition) is 10. The molecule has 0 bridgehead atoms. The number of halogens is 1. The van der Waals surface area contributed by atoms with E-state index in [1.807, 2.05) is 25.1 Å². The number of hydrogen-bond donors (Lipinski definition) is 2. The van der Waals surface area contributed by atoms with Gasteiger partial charge in [-0.05, 0) is 55.5 Å². The van der Waals surface area contributed by atoms with Gasteiger partial charge in [0.05, 0.1) is 48.1 Å². The molecule has 0 unspecified atom stereocenters. The van der Waals surface area contributed by atoms with Gasteiger partial charge in [0.2, 0.25) is 0 Å². The molecule has 13 heteroatoms. The van der Waals surface area contributed by atoms with Gasteiger partial charge in [0, 0.05) is 40.7 Å². The monoisotopic (exact) mass is 664 g/mol. The number of aromatic nitrogens is 4. The van der Waals surface area contributed by atoms with Crippen LogP contribution in [0, 0.1) is 35.4 Å². The summed E-state index contributed by atoms with van der Waals surface area (Å²) in [6.45, 7) is 1.92. The highest BCUT2D eigenvalue weighted by Crippen LogP contribution is 2.27. The van der Waals surface area contributed by atoms with E-state index in [4.69, 9.17) is 14.7 Å². The molecular formula is C37H25FN8O4. The van der Waals surface area contributed by atoms with E-state index < -0.39 is 11.7 Å². The molecule has 0 atom stereocenters. The average Bonchev–Trinajstić information content (AvgIpc) is 3.12. The van der Waals surface area contributed by atoms with E-state index >= 15 is 0 Å². The summed E-state index contributed by atoms with van der Waals surface area (Å²) in [6.07, 6.45) is 8.63. The van der Waals surface area contributed by atoms with Crippen LogP contribution in [0.5, 0.6) is 23.0 Å². The number of anilines is 2. The molecule has 0 aliphatic rings. The molecule has 0 aliphatic heterocycles. The second-order valence-corrected chi connectivity index (χ2v) is 10.4. The summed E-state index contributed by atoms with van der Waals surface area (Å²) in [5.74, 6) is 0.0878. The Labute approximate surface area is 285 Å². The quantitative estimate of drug-likeness (QED) is 0.169. The number of amides is 2. The fourth-order valence-corrected chi connectivity index (χ4v) is 4.36. The van der Waals surface area contributed by atoms with Gasteiger partial charge in [0.25, 0.3) is 11.8 Å². The lowest BCUT2D eigenvalue weighted by atomic mass is 10.1. The number of benzene rings is 4. The molecule has 0 saturated carbocycles. The van der Waals surface area contributed by atoms with Crippen LogP contribution in [-0.4, -0.2) is 31.8 Å². The minimum atomic E-state index is -0.574. The molecule has 0 fully saturated rings. The number of nitrogens with one attached hydrogen (secondary N) is 2. The molecular weight excluding hydrogens is 639 g/mol. The third-order valence-electron chi connectivity index (χ3n) is 6.50. The summed E-state index contributed by atoms with van der Waals surface area (Å²) in [5, 5.41) is 23.4. The first-order valence-corrected chi connectivity index (χ1v) is 14.7. The molecule has 6 rings (SSSR count). The summed E-state index contributed by atoms with van der Waals surface area (Å²) < 4.78 is 24.9. The van der Waals surface area contributed by atoms with E-state index in [0.29, 0.717) is 45.2 Å². The Morgan fingerprint density at radius 1 is 0.620 bits per heavy atom. The van der Waals surface area contributed by atoms with E-state index in [1.54, 1.807) is 48.5 Å². The van der Waals surface area contributed by atoms with E-state index in [2.05, 4.69) is 36.6 Å². The molecule has 2 amide bonds. The van der Waals surface area contributed by atoms with E-state index in [9.17, 15) is 19.2 Å². The maximum absolute atomic E-state index is 13.8. The number of nitriles is 2. The van der Waals surface area contributed by atoms with Gasteiger partial charge in [-0.2, -0.15) is 10.5 Å². The summed E-state index contributed by atoms with van der Waals surface area (Å²) >= 11 is 0. The first-order chi connectivity index (χ1) is 24.3. The van der Waals surface area contributed by atoms with E-state index in [0.717, 1.165) is 5.56 Å². The first kappa shape index (κ1) is 33.8. The molecule has 0 aliphatic carbocycles. The Hall–Kier alpha value is -7.51. The second-order valence-electron chi connectivity index (χ2n) is 10.4. The van der Waals surface area contributed by atoms with Crippen molar-refractivity contribution < 1.29 is 23.5 Å². The van der Waals surface area contributed by atoms with Crippen LogP contribution >= 0.6 is 0 Å². The Kier molecular flexibility index (Phi) is 11.1. The van der Waals surface area contributed by atoms with Crippen molar-refractivity contribution in [1.82, 2.24) is 19.9 Å². The number of ether oxygens (including phenoxy) is 2. The van der Waals surface area contributed by atoms with Crippen LogP contribution in [0.2, 0.25) is 0 Å². The largest absolute Gasteiger partial charge is 0.454 e. The Morgan fingerprint density at radius 3 is 1.70 bits per heavy atom. The number of carbonyl (C=O) groups is 2. The molecule has 0 radical (unpaired) electrons. The lowest BCUT2D eigenvalue weighted by Gasteiger charge is -2.10. The van der Waals surface area contributed by atoms with Gasteiger partial charge in [0.1, 0.15) is 30.0 Å². The van der Waals surface area contributed by atoms with Gasteiger partial charge in [0.15, 0.2) is 11.5 Å². The minimum absolute atomic E-state index is 0.191. The van der Waals surface area contributed by atoms with Crippen LogP contribution in [0.4, 0.5) is 15.8 Å². The predicted molar refractivity (Wildman–Crippen MR) is 180 cm³/mol. The zero-order chi connectivity index (χ0) is 35.3. The first-order valence-electron chi connectivity index (χ1n) is 14.7. The average molecular weight is 665 g/mol. The van der Waals surface area contributed by atoms with Crippen LogP contribution in [0.3, 0.4) is 0 Å². The number of aryl methyl sites for hydroxylation is 1. The highest BCUT2D eigenvalue weighted by Gasteiger charge is 2.11. The molecule has 2 heterocycles. The number of rotatable bonds is 8. The minimum Gasteiger partial charge on any atom is -0.454 e. The Morgan fingerprint density at radius 2 is 1.14 bits per heavy atom. The topological polar surface area (TPSA) is 176 Å². The molecule has 2 aromatic heterocycles. The van der Waals surface area contributed by atoms with Gasteiger partial charge in [-0.15, -0.1) is 0 Å². The standard InChI is InChI=1S/C19H14N4O2.C18H11FN4O2/c1-13-3-2-4-15(5-13)19(24)23-16-6-14(9-20)7-17(8-16)25-18-10-21-12-22-11-18;19-14-5-15(7-16(6-14)25-17-9-21-11-22-10-17)23-18(24)13-3-1-2-12(4-13)8-20/h2-8,10-12H,1H3,(H,23,24);1-7,9-11H,(H,23,24). The molecule has 0 saturated heterocycles. The van der Waals surface area contributed by atoms with Gasteiger partial charge in [-0.3, -0.25) is 9.59 Å². The van der Waals surface area contributed by atoms with Crippen LogP contribution in [0.1, 0.15) is 37.4 Å². The zero-order valence-electron chi connectivity index (χ0n) is 26.2. The van der Waals surface area contributed by atoms with Gasteiger partial charge >= 0.3 is 0 Å². The number of nitrogens with zero attached hydrogens (tertiary/aromatic N) is 6. The lowest BCUT2D eigenvalue weighted by Crippen LogP contribution is -2.12. The van der Waals surface area contributed by atoms with Crippen molar-refractivity contribution in [2.45, 2.75) is 6.92 Å². The molecule has 12 nitrogen and oxygen atoms in total. The van der Waals surface area contributed by atoms with Gasteiger partial charge < -0.3 is 20.1 Å². The Bertz CT molecular complexity index is 2220. The van der Waals surface area contributed by atoms with E-state index in [1.165, 1.54) is 61.7 Å².